The van der Waals surface area contributed by atoms with Crippen LogP contribution in [0.15, 0.2) is 69.8 Å². The maximum Gasteiger partial charge on any atom is 0.291 e. The Hall–Kier alpha value is -3.10. The second kappa shape index (κ2) is 10.1. The number of anilines is 1. The van der Waals surface area contributed by atoms with E-state index in [1.807, 2.05) is 0 Å². The van der Waals surface area contributed by atoms with Gasteiger partial charge in [0.15, 0.2) is 10.4 Å². The monoisotopic (exact) mass is 472 g/mol. The summed E-state index contributed by atoms with van der Waals surface area (Å²) in [6.07, 6.45) is -0.645. The molecule has 2 amide bonds. The Morgan fingerprint density at radius 3 is 2.37 bits per heavy atom. The predicted molar refractivity (Wildman–Crippen MR) is 115 cm³/mol. The largest absolute Gasteiger partial charge is 0.497 e. The van der Waals surface area contributed by atoms with Gasteiger partial charge in [-0.2, -0.15) is 0 Å². The third-order valence-corrected chi connectivity index (χ3v) is 4.79. The minimum Gasteiger partial charge on any atom is -0.497 e. The van der Waals surface area contributed by atoms with Gasteiger partial charge in [0, 0.05) is 12.2 Å². The van der Waals surface area contributed by atoms with Crippen LogP contribution in [0.5, 0.6) is 5.75 Å². The lowest BCUT2D eigenvalue weighted by atomic mass is 10.1. The molecule has 0 spiro atoms. The van der Waals surface area contributed by atoms with Crippen LogP contribution in [0, 0.1) is 0 Å². The highest BCUT2D eigenvalue weighted by atomic mass is 79.9. The Labute approximate surface area is 182 Å². The Balaban J connectivity index is 1.47. The summed E-state index contributed by atoms with van der Waals surface area (Å²) >= 11 is 3.15. The highest BCUT2D eigenvalue weighted by Crippen LogP contribution is 2.18. The number of carbonyl (C=O) groups is 2. The van der Waals surface area contributed by atoms with E-state index in [2.05, 4.69) is 26.6 Å². The molecule has 3 rings (SSSR count). The van der Waals surface area contributed by atoms with Gasteiger partial charge in [0.1, 0.15) is 5.75 Å². The van der Waals surface area contributed by atoms with Crippen molar-refractivity contribution in [2.45, 2.75) is 12.5 Å². The molecule has 3 aromatic rings. The lowest BCUT2D eigenvalue weighted by molar-refractivity contribution is -0.120. The molecule has 0 saturated carbocycles. The second-order valence-electron chi connectivity index (χ2n) is 6.52. The van der Waals surface area contributed by atoms with Crippen LogP contribution in [0.1, 0.15) is 27.8 Å². The molecule has 8 heteroatoms. The van der Waals surface area contributed by atoms with Crippen molar-refractivity contribution in [1.29, 1.82) is 0 Å². The first kappa shape index (κ1) is 21.6. The quantitative estimate of drug-likeness (QED) is 0.464. The second-order valence-corrected chi connectivity index (χ2v) is 7.31. The predicted octanol–water partition coefficient (Wildman–Crippen LogP) is 3.70. The summed E-state index contributed by atoms with van der Waals surface area (Å²) in [6, 6.07) is 17.2. The normalized spacial score (nSPS) is 11.6. The first-order valence-corrected chi connectivity index (χ1v) is 9.98. The van der Waals surface area contributed by atoms with Crippen molar-refractivity contribution in [3.63, 3.8) is 0 Å². The first-order chi connectivity index (χ1) is 14.4. The van der Waals surface area contributed by atoms with Crippen LogP contribution in [0.4, 0.5) is 5.69 Å². The molecule has 2 aromatic carbocycles. The SMILES string of the molecule is COc1ccc(C(O)CNC(=O)Cc2ccc(NC(=O)c3ccc(Br)o3)cc2)cc1. The van der Waals surface area contributed by atoms with Gasteiger partial charge in [-0.05, 0) is 63.5 Å². The summed E-state index contributed by atoms with van der Waals surface area (Å²) in [7, 11) is 1.57. The highest BCUT2D eigenvalue weighted by molar-refractivity contribution is 9.10. The number of nitrogens with one attached hydrogen (secondary N) is 2. The maximum absolute atomic E-state index is 12.2. The molecular weight excluding hydrogens is 452 g/mol. The number of aliphatic hydroxyl groups is 1. The third kappa shape index (κ3) is 5.95. The molecule has 1 atom stereocenters. The molecule has 156 valence electrons. The molecule has 7 nitrogen and oxygen atoms in total. The summed E-state index contributed by atoms with van der Waals surface area (Å²) < 4.78 is 10.8. The number of ether oxygens (including phenoxy) is 1. The van der Waals surface area contributed by atoms with E-state index in [0.717, 1.165) is 5.56 Å². The number of rotatable bonds is 8. The van der Waals surface area contributed by atoms with Gasteiger partial charge in [0.05, 0.1) is 19.6 Å². The Morgan fingerprint density at radius 2 is 1.77 bits per heavy atom. The lowest BCUT2D eigenvalue weighted by Crippen LogP contribution is -2.29. The number of benzene rings is 2. The van der Waals surface area contributed by atoms with Crippen molar-refractivity contribution in [3.05, 3.63) is 82.2 Å². The Morgan fingerprint density at radius 1 is 1.07 bits per heavy atom. The van der Waals surface area contributed by atoms with E-state index in [0.29, 0.717) is 21.7 Å². The summed E-state index contributed by atoms with van der Waals surface area (Å²) in [5.41, 5.74) is 2.07. The van der Waals surface area contributed by atoms with E-state index < -0.39 is 6.10 Å². The zero-order valence-corrected chi connectivity index (χ0v) is 17.8. The van der Waals surface area contributed by atoms with Gasteiger partial charge >= 0.3 is 0 Å². The van der Waals surface area contributed by atoms with Crippen LogP contribution >= 0.6 is 15.9 Å². The number of hydrogen-bond donors (Lipinski definition) is 3. The number of amides is 2. The van der Waals surface area contributed by atoms with Crippen LogP contribution in [0.3, 0.4) is 0 Å². The fraction of sp³-hybridized carbons (Fsp3) is 0.182. The number of methoxy groups -OCH3 is 1. The van der Waals surface area contributed by atoms with Crippen molar-refractivity contribution in [2.75, 3.05) is 19.0 Å². The fourth-order valence-electron chi connectivity index (χ4n) is 2.74. The van der Waals surface area contributed by atoms with Crippen molar-refractivity contribution in [2.24, 2.45) is 0 Å². The molecule has 30 heavy (non-hydrogen) atoms. The Kier molecular flexibility index (Phi) is 7.26. The zero-order valence-electron chi connectivity index (χ0n) is 16.2. The van der Waals surface area contributed by atoms with Gasteiger partial charge in [-0.1, -0.05) is 24.3 Å². The summed E-state index contributed by atoms with van der Waals surface area (Å²) in [4.78, 5) is 24.2. The molecule has 0 aliphatic heterocycles. The number of aliphatic hydroxyl groups excluding tert-OH is 1. The average Bonchev–Trinajstić information content (AvgIpc) is 3.20. The van der Waals surface area contributed by atoms with Crippen LogP contribution < -0.4 is 15.4 Å². The molecule has 3 N–H and O–H groups in total. The molecule has 0 fully saturated rings. The molecule has 0 radical (unpaired) electrons. The molecule has 1 unspecified atom stereocenters. The highest BCUT2D eigenvalue weighted by Gasteiger charge is 2.12. The third-order valence-electron chi connectivity index (χ3n) is 4.37. The molecule has 0 bridgehead atoms. The van der Waals surface area contributed by atoms with E-state index >= 15 is 0 Å². The van der Waals surface area contributed by atoms with Crippen molar-refractivity contribution >= 4 is 33.4 Å². The molecule has 1 aromatic heterocycles. The number of halogens is 1. The van der Waals surface area contributed by atoms with Crippen LogP contribution in [0.2, 0.25) is 0 Å². The zero-order chi connectivity index (χ0) is 21.5. The maximum atomic E-state index is 12.2. The molecule has 1 heterocycles. The minimum absolute atomic E-state index is 0.109. The molecule has 0 saturated heterocycles. The van der Waals surface area contributed by atoms with Crippen molar-refractivity contribution < 1.29 is 23.8 Å². The van der Waals surface area contributed by atoms with Crippen LogP contribution in [-0.2, 0) is 11.2 Å². The number of hydrogen-bond acceptors (Lipinski definition) is 5. The first-order valence-electron chi connectivity index (χ1n) is 9.19. The van der Waals surface area contributed by atoms with E-state index in [1.165, 1.54) is 0 Å². The van der Waals surface area contributed by atoms with E-state index in [9.17, 15) is 14.7 Å². The molecular formula is C22H21BrN2O5. The van der Waals surface area contributed by atoms with E-state index in [4.69, 9.17) is 9.15 Å². The topological polar surface area (TPSA) is 101 Å². The van der Waals surface area contributed by atoms with E-state index in [1.54, 1.807) is 67.8 Å². The number of carbonyl (C=O) groups excluding carboxylic acids is 2. The summed E-state index contributed by atoms with van der Waals surface area (Å²) in [5.74, 6) is 0.325. The number of furan rings is 1. The van der Waals surface area contributed by atoms with Gasteiger partial charge in [-0.15, -0.1) is 0 Å². The lowest BCUT2D eigenvalue weighted by Gasteiger charge is -2.13. The van der Waals surface area contributed by atoms with Crippen molar-refractivity contribution in [3.8, 4) is 5.75 Å². The fourth-order valence-corrected chi connectivity index (χ4v) is 3.04. The molecule has 0 aliphatic rings. The average molecular weight is 473 g/mol. The smallest absolute Gasteiger partial charge is 0.291 e. The van der Waals surface area contributed by atoms with Gasteiger partial charge in [0.25, 0.3) is 5.91 Å². The van der Waals surface area contributed by atoms with Gasteiger partial charge < -0.3 is 24.9 Å². The van der Waals surface area contributed by atoms with Gasteiger partial charge in [-0.25, -0.2) is 0 Å². The standard InChI is InChI=1S/C22H21BrN2O5/c1-29-17-8-4-15(5-9-17)18(26)13-24-21(27)12-14-2-6-16(7-3-14)25-22(28)19-10-11-20(23)30-19/h2-11,18,26H,12-13H2,1H3,(H,24,27)(H,25,28). The minimum atomic E-state index is -0.806. The van der Waals surface area contributed by atoms with Crippen LogP contribution in [0.25, 0.3) is 0 Å². The van der Waals surface area contributed by atoms with Gasteiger partial charge in [-0.3, -0.25) is 9.59 Å². The molecule has 0 aliphatic carbocycles. The van der Waals surface area contributed by atoms with E-state index in [-0.39, 0.29) is 30.5 Å². The Bertz CT molecular complexity index is 999. The summed E-state index contributed by atoms with van der Waals surface area (Å²) in [5, 5.41) is 15.7. The summed E-state index contributed by atoms with van der Waals surface area (Å²) in [6.45, 7) is 0.109. The van der Waals surface area contributed by atoms with Gasteiger partial charge in [0.2, 0.25) is 5.91 Å². The van der Waals surface area contributed by atoms with Crippen LogP contribution in [-0.4, -0.2) is 30.6 Å². The van der Waals surface area contributed by atoms with Crippen molar-refractivity contribution in [1.82, 2.24) is 5.32 Å².